The molecule has 0 aliphatic heterocycles. The van der Waals surface area contributed by atoms with Crippen LogP contribution in [-0.2, 0) is 6.61 Å². The van der Waals surface area contributed by atoms with Crippen LogP contribution in [0.5, 0.6) is 11.5 Å². The summed E-state index contributed by atoms with van der Waals surface area (Å²) in [6.07, 6.45) is 7.09. The zero-order valence-corrected chi connectivity index (χ0v) is 18.8. The van der Waals surface area contributed by atoms with E-state index in [0.717, 1.165) is 35.5 Å². The summed E-state index contributed by atoms with van der Waals surface area (Å²) in [6, 6.07) is 10.2. The molecule has 0 radical (unpaired) electrons. The highest BCUT2D eigenvalue weighted by atomic mass is 16.5. The summed E-state index contributed by atoms with van der Waals surface area (Å²) < 4.78 is 12.0. The minimum absolute atomic E-state index is 0.00576. The highest BCUT2D eigenvalue weighted by Crippen LogP contribution is 2.27. The molecule has 30 heavy (non-hydrogen) atoms. The molecule has 2 aromatic rings. The summed E-state index contributed by atoms with van der Waals surface area (Å²) in [5.41, 5.74) is 5.09. The van der Waals surface area contributed by atoms with Crippen LogP contribution in [0.1, 0.15) is 78.1 Å². The van der Waals surface area contributed by atoms with Gasteiger partial charge in [-0.15, -0.1) is 0 Å². The Balaban J connectivity index is 1.76. The largest absolute Gasteiger partial charge is 0.493 e. The lowest BCUT2D eigenvalue weighted by atomic mass is 10.1. The normalized spacial score (nSPS) is 14.8. The Hall–Kier alpha value is -2.49. The molecule has 1 aliphatic carbocycles. The van der Waals surface area contributed by atoms with Crippen molar-refractivity contribution in [2.75, 3.05) is 6.61 Å². The minimum Gasteiger partial charge on any atom is -0.493 e. The van der Waals surface area contributed by atoms with Gasteiger partial charge < -0.3 is 14.8 Å². The molecule has 1 amide bonds. The van der Waals surface area contributed by atoms with Crippen LogP contribution in [-0.4, -0.2) is 18.6 Å². The number of carbonyl (C=O) groups is 1. The van der Waals surface area contributed by atoms with Crippen molar-refractivity contribution in [3.63, 3.8) is 0 Å². The summed E-state index contributed by atoms with van der Waals surface area (Å²) in [7, 11) is 0. The van der Waals surface area contributed by atoms with Crippen molar-refractivity contribution >= 4 is 5.91 Å². The van der Waals surface area contributed by atoms with Gasteiger partial charge >= 0.3 is 0 Å². The number of nitrogens with one attached hydrogen (secondary N) is 1. The lowest BCUT2D eigenvalue weighted by molar-refractivity contribution is 0.0933. The van der Waals surface area contributed by atoms with Crippen LogP contribution in [0.15, 0.2) is 30.3 Å². The molecule has 2 aromatic carbocycles. The molecular formula is C26H35NO3. The van der Waals surface area contributed by atoms with Crippen molar-refractivity contribution in [3.8, 4) is 11.5 Å². The Labute approximate surface area is 181 Å². The number of hydrogen-bond acceptors (Lipinski definition) is 3. The number of aryl methyl sites for hydroxylation is 2. The van der Waals surface area contributed by atoms with Gasteiger partial charge in [0.25, 0.3) is 5.91 Å². The van der Waals surface area contributed by atoms with Crippen molar-refractivity contribution in [2.24, 2.45) is 0 Å². The summed E-state index contributed by atoms with van der Waals surface area (Å²) in [5.74, 6) is 1.64. The summed E-state index contributed by atoms with van der Waals surface area (Å²) in [4.78, 5) is 12.9. The minimum atomic E-state index is -0.00576. The zero-order chi connectivity index (χ0) is 21.5. The van der Waals surface area contributed by atoms with Gasteiger partial charge in [0.15, 0.2) is 0 Å². The first-order valence-electron chi connectivity index (χ1n) is 11.2. The fourth-order valence-electron chi connectivity index (χ4n) is 4.13. The van der Waals surface area contributed by atoms with Gasteiger partial charge in [0.2, 0.25) is 0 Å². The fourth-order valence-corrected chi connectivity index (χ4v) is 4.13. The van der Waals surface area contributed by atoms with E-state index in [2.05, 4.69) is 38.2 Å². The van der Waals surface area contributed by atoms with Gasteiger partial charge in [-0.2, -0.15) is 0 Å². The molecule has 4 nitrogen and oxygen atoms in total. The van der Waals surface area contributed by atoms with Gasteiger partial charge in [-0.3, -0.25) is 4.79 Å². The van der Waals surface area contributed by atoms with E-state index in [1.807, 2.05) is 25.1 Å². The van der Waals surface area contributed by atoms with E-state index in [1.54, 1.807) is 0 Å². The third kappa shape index (κ3) is 5.78. The monoisotopic (exact) mass is 409 g/mol. The molecule has 0 bridgehead atoms. The standard InChI is InChI=1S/C26H35NO3/c1-5-29-24-13-12-21(26(28)27-23-10-8-6-7-9-11-23)16-22(24)17-30-25-15-18(2)14-19(3)20(25)4/h12-16,23H,5-11,17H2,1-4H3,(H,27,28). The zero-order valence-electron chi connectivity index (χ0n) is 18.8. The van der Waals surface area contributed by atoms with Crippen molar-refractivity contribution in [2.45, 2.75) is 78.9 Å². The highest BCUT2D eigenvalue weighted by Gasteiger charge is 2.17. The van der Waals surface area contributed by atoms with Crippen LogP contribution in [0.4, 0.5) is 0 Å². The maximum absolute atomic E-state index is 12.9. The van der Waals surface area contributed by atoms with E-state index >= 15 is 0 Å². The predicted octanol–water partition coefficient (Wildman–Crippen LogP) is 6.04. The first-order valence-corrected chi connectivity index (χ1v) is 11.2. The lowest BCUT2D eigenvalue weighted by Gasteiger charge is -2.18. The molecule has 0 heterocycles. The number of ether oxygens (including phenoxy) is 2. The van der Waals surface area contributed by atoms with Gasteiger partial charge in [0.05, 0.1) is 6.61 Å². The number of amides is 1. The molecular weight excluding hydrogens is 374 g/mol. The van der Waals surface area contributed by atoms with Gasteiger partial charge in [-0.05, 0) is 81.5 Å². The Bertz CT molecular complexity index is 867. The molecule has 1 N–H and O–H groups in total. The summed E-state index contributed by atoms with van der Waals surface area (Å²) >= 11 is 0. The Morgan fingerprint density at radius 1 is 0.967 bits per heavy atom. The average Bonchev–Trinajstić information content (AvgIpc) is 2.99. The quantitative estimate of drug-likeness (QED) is 0.567. The highest BCUT2D eigenvalue weighted by molar-refractivity contribution is 5.94. The van der Waals surface area contributed by atoms with Gasteiger partial charge in [0.1, 0.15) is 18.1 Å². The van der Waals surface area contributed by atoms with E-state index in [1.165, 1.54) is 36.8 Å². The first kappa shape index (κ1) is 22.2. The number of hydrogen-bond donors (Lipinski definition) is 1. The van der Waals surface area contributed by atoms with Gasteiger partial charge in [-0.25, -0.2) is 0 Å². The van der Waals surface area contributed by atoms with E-state index in [-0.39, 0.29) is 11.9 Å². The lowest BCUT2D eigenvalue weighted by Crippen LogP contribution is -2.34. The third-order valence-electron chi connectivity index (χ3n) is 5.96. The summed E-state index contributed by atoms with van der Waals surface area (Å²) in [6.45, 7) is 9.14. The molecule has 1 fully saturated rings. The fraction of sp³-hybridized carbons (Fsp3) is 0.500. The van der Waals surface area contributed by atoms with E-state index in [0.29, 0.717) is 18.8 Å². The second kappa shape index (κ2) is 10.5. The van der Waals surface area contributed by atoms with E-state index in [9.17, 15) is 4.79 Å². The third-order valence-corrected chi connectivity index (χ3v) is 5.96. The van der Waals surface area contributed by atoms with Crippen molar-refractivity contribution < 1.29 is 14.3 Å². The maximum atomic E-state index is 12.9. The van der Waals surface area contributed by atoms with Crippen LogP contribution in [0.25, 0.3) is 0 Å². The van der Waals surface area contributed by atoms with Crippen molar-refractivity contribution in [3.05, 3.63) is 58.1 Å². The molecule has 3 rings (SSSR count). The van der Waals surface area contributed by atoms with Crippen LogP contribution in [0, 0.1) is 20.8 Å². The second-order valence-corrected chi connectivity index (χ2v) is 8.41. The molecule has 0 unspecified atom stereocenters. The van der Waals surface area contributed by atoms with Crippen LogP contribution < -0.4 is 14.8 Å². The smallest absolute Gasteiger partial charge is 0.251 e. The molecule has 0 spiro atoms. The van der Waals surface area contributed by atoms with Crippen LogP contribution >= 0.6 is 0 Å². The van der Waals surface area contributed by atoms with Crippen LogP contribution in [0.3, 0.4) is 0 Å². The van der Waals surface area contributed by atoms with Crippen molar-refractivity contribution in [1.82, 2.24) is 5.32 Å². The van der Waals surface area contributed by atoms with Crippen molar-refractivity contribution in [1.29, 1.82) is 0 Å². The molecule has 1 saturated carbocycles. The van der Waals surface area contributed by atoms with Gasteiger partial charge in [-0.1, -0.05) is 31.7 Å². The maximum Gasteiger partial charge on any atom is 0.251 e. The Morgan fingerprint density at radius 2 is 1.70 bits per heavy atom. The van der Waals surface area contributed by atoms with Crippen LogP contribution in [0.2, 0.25) is 0 Å². The number of rotatable bonds is 7. The summed E-state index contributed by atoms with van der Waals surface area (Å²) in [5, 5.41) is 3.23. The average molecular weight is 410 g/mol. The van der Waals surface area contributed by atoms with E-state index in [4.69, 9.17) is 9.47 Å². The molecule has 162 valence electrons. The molecule has 4 heteroatoms. The first-order chi connectivity index (χ1) is 14.5. The molecule has 1 aliphatic rings. The van der Waals surface area contributed by atoms with E-state index < -0.39 is 0 Å². The van der Waals surface area contributed by atoms with Gasteiger partial charge in [0, 0.05) is 17.2 Å². The predicted molar refractivity (Wildman–Crippen MR) is 122 cm³/mol. The topological polar surface area (TPSA) is 47.6 Å². The Morgan fingerprint density at radius 3 is 2.40 bits per heavy atom. The molecule has 0 atom stereocenters. The number of benzene rings is 2. The second-order valence-electron chi connectivity index (χ2n) is 8.41. The number of carbonyl (C=O) groups excluding carboxylic acids is 1. The molecule has 0 aromatic heterocycles. The Kier molecular flexibility index (Phi) is 7.78. The molecule has 0 saturated heterocycles. The SMILES string of the molecule is CCOc1ccc(C(=O)NC2CCCCCC2)cc1COc1cc(C)cc(C)c1C.